The molecule has 21 heavy (non-hydrogen) atoms. The summed E-state index contributed by atoms with van der Waals surface area (Å²) in [6.45, 7) is 1.77. The van der Waals surface area contributed by atoms with Gasteiger partial charge in [0.05, 0.1) is 6.42 Å². The minimum atomic E-state index is -0.768. The molecule has 1 aromatic carbocycles. The first kappa shape index (κ1) is 16.4. The molecule has 1 aromatic rings. The van der Waals surface area contributed by atoms with Gasteiger partial charge in [-0.15, -0.1) is 0 Å². The van der Waals surface area contributed by atoms with Gasteiger partial charge in [0.15, 0.2) is 0 Å². The van der Waals surface area contributed by atoms with Crippen LogP contribution in [0.3, 0.4) is 0 Å². The van der Waals surface area contributed by atoms with Gasteiger partial charge >= 0.3 is 5.97 Å². The number of carboxylic acids is 1. The second-order valence-corrected chi connectivity index (χ2v) is 7.16. The number of hydrogen-bond acceptors (Lipinski definition) is 3. The van der Waals surface area contributed by atoms with Gasteiger partial charge in [-0.2, -0.15) is 11.8 Å². The average molecular weight is 307 g/mol. The maximum Gasteiger partial charge on any atom is 0.307 e. The van der Waals surface area contributed by atoms with Crippen LogP contribution < -0.4 is 5.32 Å². The molecule has 0 heterocycles. The highest BCUT2D eigenvalue weighted by atomic mass is 32.2. The third-order valence-electron chi connectivity index (χ3n) is 4.42. The summed E-state index contributed by atoms with van der Waals surface area (Å²) in [6, 6.07) is 7.83. The molecule has 2 N–H and O–H groups in total. The normalized spacial score (nSPS) is 17.6. The second kappa shape index (κ2) is 7.85. The van der Waals surface area contributed by atoms with Gasteiger partial charge in [0, 0.05) is 17.8 Å². The first-order chi connectivity index (χ1) is 10.2. The van der Waals surface area contributed by atoms with Crippen LogP contribution >= 0.6 is 11.8 Å². The van der Waals surface area contributed by atoms with Crippen LogP contribution in [0.1, 0.15) is 43.2 Å². The Kier molecular flexibility index (Phi) is 6.12. The lowest BCUT2D eigenvalue weighted by Crippen LogP contribution is -2.39. The van der Waals surface area contributed by atoms with Crippen molar-refractivity contribution in [2.75, 3.05) is 12.8 Å². The quantitative estimate of drug-likeness (QED) is 0.810. The summed E-state index contributed by atoms with van der Waals surface area (Å²) in [5, 5.41) is 12.5. The van der Waals surface area contributed by atoms with Crippen LogP contribution in [0.2, 0.25) is 0 Å². The highest BCUT2D eigenvalue weighted by Gasteiger charge is 2.30. The molecule has 0 amide bonds. The van der Waals surface area contributed by atoms with Gasteiger partial charge in [0.2, 0.25) is 0 Å². The summed E-state index contributed by atoms with van der Waals surface area (Å²) >= 11 is 1.99. The van der Waals surface area contributed by atoms with Crippen molar-refractivity contribution in [3.63, 3.8) is 0 Å². The van der Waals surface area contributed by atoms with Crippen molar-refractivity contribution in [3.8, 4) is 0 Å². The molecule has 1 fully saturated rings. The van der Waals surface area contributed by atoms with Gasteiger partial charge in [-0.3, -0.25) is 4.79 Å². The molecule has 1 aliphatic rings. The van der Waals surface area contributed by atoms with Crippen LogP contribution in [0, 0.1) is 0 Å². The van der Waals surface area contributed by atoms with Crippen LogP contribution in [-0.4, -0.2) is 28.6 Å². The van der Waals surface area contributed by atoms with E-state index >= 15 is 0 Å². The molecule has 1 saturated carbocycles. The molecular weight excluding hydrogens is 282 g/mol. The van der Waals surface area contributed by atoms with Gasteiger partial charge in [-0.1, -0.05) is 43.5 Å². The van der Waals surface area contributed by atoms with Crippen LogP contribution in [0.5, 0.6) is 0 Å². The topological polar surface area (TPSA) is 49.3 Å². The van der Waals surface area contributed by atoms with E-state index in [0.29, 0.717) is 4.75 Å². The van der Waals surface area contributed by atoms with E-state index in [1.54, 1.807) is 0 Å². The van der Waals surface area contributed by atoms with Crippen molar-refractivity contribution >= 4 is 17.7 Å². The molecule has 116 valence electrons. The maximum absolute atomic E-state index is 10.9. The van der Waals surface area contributed by atoms with Gasteiger partial charge in [-0.25, -0.2) is 0 Å². The van der Waals surface area contributed by atoms with E-state index in [-0.39, 0.29) is 6.42 Å². The smallest absolute Gasteiger partial charge is 0.307 e. The third kappa shape index (κ3) is 4.75. The Morgan fingerprint density at radius 1 is 1.24 bits per heavy atom. The highest BCUT2D eigenvalue weighted by molar-refractivity contribution is 8.00. The second-order valence-electron chi connectivity index (χ2n) is 5.89. The van der Waals surface area contributed by atoms with Crippen molar-refractivity contribution < 1.29 is 9.90 Å². The van der Waals surface area contributed by atoms with E-state index in [9.17, 15) is 4.79 Å². The fourth-order valence-corrected chi connectivity index (χ4v) is 4.08. The summed E-state index contributed by atoms with van der Waals surface area (Å²) < 4.78 is 0.375. The van der Waals surface area contributed by atoms with Crippen LogP contribution in [-0.2, 0) is 17.8 Å². The Morgan fingerprint density at radius 3 is 2.52 bits per heavy atom. The lowest BCUT2D eigenvalue weighted by atomic mass is 9.88. The highest BCUT2D eigenvalue weighted by Crippen LogP contribution is 2.38. The Balaban J connectivity index is 1.92. The summed E-state index contributed by atoms with van der Waals surface area (Å²) in [4.78, 5) is 10.9. The molecule has 0 aliphatic heterocycles. The fourth-order valence-electron chi connectivity index (χ4n) is 3.14. The SMILES string of the molecule is CSC1(CNCc2ccccc2CC(=O)O)CCCCC1. The van der Waals surface area contributed by atoms with Crippen molar-refractivity contribution in [2.24, 2.45) is 0 Å². The van der Waals surface area contributed by atoms with E-state index in [0.717, 1.165) is 24.2 Å². The van der Waals surface area contributed by atoms with E-state index in [1.165, 1.54) is 32.1 Å². The summed E-state index contributed by atoms with van der Waals surface area (Å²) in [7, 11) is 0. The minimum absolute atomic E-state index is 0.103. The molecule has 0 saturated heterocycles. The Morgan fingerprint density at radius 2 is 1.90 bits per heavy atom. The molecule has 0 unspecified atom stereocenters. The number of carboxylic acid groups (broad SMARTS) is 1. The Bertz CT molecular complexity index is 470. The van der Waals surface area contributed by atoms with Crippen LogP contribution in [0.4, 0.5) is 0 Å². The van der Waals surface area contributed by atoms with Gasteiger partial charge < -0.3 is 10.4 Å². The molecule has 2 rings (SSSR count). The maximum atomic E-state index is 10.9. The third-order valence-corrected chi connectivity index (χ3v) is 5.84. The number of carbonyl (C=O) groups is 1. The number of hydrogen-bond donors (Lipinski definition) is 2. The summed E-state index contributed by atoms with van der Waals surface area (Å²) in [5.74, 6) is -0.768. The van der Waals surface area contributed by atoms with Crippen LogP contribution in [0.25, 0.3) is 0 Å². The average Bonchev–Trinajstić information content (AvgIpc) is 2.49. The molecule has 1 aliphatic carbocycles. The van der Waals surface area contributed by atoms with E-state index in [1.807, 2.05) is 36.0 Å². The van der Waals surface area contributed by atoms with Gasteiger partial charge in [0.25, 0.3) is 0 Å². The van der Waals surface area contributed by atoms with Crippen molar-refractivity contribution in [2.45, 2.75) is 49.8 Å². The number of benzene rings is 1. The first-order valence-corrected chi connectivity index (χ1v) is 8.92. The predicted molar refractivity (Wildman–Crippen MR) is 88.8 cm³/mol. The number of nitrogens with one attached hydrogen (secondary N) is 1. The molecule has 0 atom stereocenters. The molecule has 0 spiro atoms. The molecule has 0 aromatic heterocycles. The Hall–Kier alpha value is -1.00. The molecule has 3 nitrogen and oxygen atoms in total. The lowest BCUT2D eigenvalue weighted by molar-refractivity contribution is -0.136. The zero-order chi connectivity index (χ0) is 15.1. The largest absolute Gasteiger partial charge is 0.481 e. The molecule has 4 heteroatoms. The van der Waals surface area contributed by atoms with Crippen LogP contribution in [0.15, 0.2) is 24.3 Å². The number of rotatable bonds is 7. The standard InChI is InChI=1S/C17H25NO2S/c1-21-17(9-5-2-6-10-17)13-18-12-15-8-4-3-7-14(15)11-16(19)20/h3-4,7-8,18H,2,5-6,9-13H2,1H3,(H,19,20). The minimum Gasteiger partial charge on any atom is -0.481 e. The van der Waals surface area contributed by atoms with Crippen molar-refractivity contribution in [1.82, 2.24) is 5.32 Å². The van der Waals surface area contributed by atoms with Crippen molar-refractivity contribution in [3.05, 3.63) is 35.4 Å². The molecular formula is C17H25NO2S. The van der Waals surface area contributed by atoms with E-state index < -0.39 is 5.97 Å². The lowest BCUT2D eigenvalue weighted by Gasteiger charge is -2.36. The predicted octanol–water partition coefficient (Wildman–Crippen LogP) is 3.47. The Labute approximate surface area is 131 Å². The molecule has 0 radical (unpaired) electrons. The zero-order valence-electron chi connectivity index (χ0n) is 12.7. The zero-order valence-corrected chi connectivity index (χ0v) is 13.5. The van der Waals surface area contributed by atoms with Gasteiger partial charge in [-0.05, 0) is 30.2 Å². The van der Waals surface area contributed by atoms with Crippen molar-refractivity contribution in [1.29, 1.82) is 0 Å². The van der Waals surface area contributed by atoms with E-state index in [4.69, 9.17) is 5.11 Å². The fraction of sp³-hybridized carbons (Fsp3) is 0.588. The summed E-state index contributed by atoms with van der Waals surface area (Å²) in [6.07, 6.45) is 8.92. The summed E-state index contributed by atoms with van der Waals surface area (Å²) in [5.41, 5.74) is 2.02. The van der Waals surface area contributed by atoms with Gasteiger partial charge in [0.1, 0.15) is 0 Å². The first-order valence-electron chi connectivity index (χ1n) is 7.70. The molecule has 0 bridgehead atoms. The number of thioether (sulfide) groups is 1. The van der Waals surface area contributed by atoms with E-state index in [2.05, 4.69) is 11.6 Å². The monoisotopic (exact) mass is 307 g/mol. The number of aliphatic carboxylic acids is 1.